The molecule has 0 saturated carbocycles. The van der Waals surface area contributed by atoms with Crippen molar-refractivity contribution in [3.63, 3.8) is 0 Å². The van der Waals surface area contributed by atoms with Gasteiger partial charge in [-0.05, 0) is 49.1 Å². The van der Waals surface area contributed by atoms with E-state index in [9.17, 15) is 4.79 Å². The van der Waals surface area contributed by atoms with Gasteiger partial charge in [-0.3, -0.25) is 0 Å². The van der Waals surface area contributed by atoms with E-state index in [4.69, 9.17) is 0 Å². The van der Waals surface area contributed by atoms with Gasteiger partial charge < -0.3 is 15.1 Å². The Hall–Kier alpha value is -2.56. The molecule has 5 nitrogen and oxygen atoms in total. The molecule has 1 N–H and O–H groups in total. The molecule has 0 spiro atoms. The lowest BCUT2D eigenvalue weighted by molar-refractivity contribution is 0.208. The van der Waals surface area contributed by atoms with Gasteiger partial charge in [-0.15, -0.1) is 0 Å². The molecule has 0 aliphatic carbocycles. The van der Waals surface area contributed by atoms with Crippen LogP contribution < -0.4 is 10.2 Å². The van der Waals surface area contributed by atoms with Crippen molar-refractivity contribution < 1.29 is 4.79 Å². The van der Waals surface area contributed by atoms with Crippen molar-refractivity contribution >= 4 is 17.5 Å². The molecule has 2 aromatic rings. The third kappa shape index (κ3) is 4.54. The summed E-state index contributed by atoms with van der Waals surface area (Å²) in [5, 5.41) is 3.01. The van der Waals surface area contributed by atoms with Crippen LogP contribution in [0.25, 0.3) is 0 Å². The molecule has 138 valence electrons. The van der Waals surface area contributed by atoms with Crippen LogP contribution in [0.4, 0.5) is 16.3 Å². The zero-order chi connectivity index (χ0) is 18.4. The maximum atomic E-state index is 12.5. The highest BCUT2D eigenvalue weighted by Crippen LogP contribution is 2.18. The van der Waals surface area contributed by atoms with Gasteiger partial charge >= 0.3 is 6.03 Å². The molecule has 26 heavy (non-hydrogen) atoms. The van der Waals surface area contributed by atoms with Gasteiger partial charge in [0.25, 0.3) is 0 Å². The van der Waals surface area contributed by atoms with Gasteiger partial charge in [-0.25, -0.2) is 9.78 Å². The summed E-state index contributed by atoms with van der Waals surface area (Å²) >= 11 is 0. The minimum Gasteiger partial charge on any atom is -0.353 e. The zero-order valence-corrected chi connectivity index (χ0v) is 15.7. The Labute approximate surface area is 156 Å². The molecule has 0 bridgehead atoms. The lowest BCUT2D eigenvalue weighted by Crippen LogP contribution is -2.50. The zero-order valence-electron chi connectivity index (χ0n) is 15.7. The molecule has 2 amide bonds. The van der Waals surface area contributed by atoms with E-state index in [1.54, 1.807) is 0 Å². The largest absolute Gasteiger partial charge is 0.353 e. The number of carbonyl (C=O) groups excluding carboxylic acids is 1. The van der Waals surface area contributed by atoms with E-state index in [-0.39, 0.29) is 6.03 Å². The van der Waals surface area contributed by atoms with Crippen LogP contribution in [0.5, 0.6) is 0 Å². The molecular formula is C21H28N4O. The van der Waals surface area contributed by atoms with Gasteiger partial charge in [0.15, 0.2) is 0 Å². The third-order valence-corrected chi connectivity index (χ3v) is 4.87. The van der Waals surface area contributed by atoms with Crippen LogP contribution in [-0.4, -0.2) is 42.1 Å². The van der Waals surface area contributed by atoms with Crippen LogP contribution in [0.15, 0.2) is 42.6 Å². The number of amides is 2. The summed E-state index contributed by atoms with van der Waals surface area (Å²) < 4.78 is 0. The number of benzene rings is 1. The Bertz CT molecular complexity index is 721. The first-order valence-corrected chi connectivity index (χ1v) is 9.49. The number of aryl methyl sites for hydroxylation is 2. The molecule has 1 aromatic heterocycles. The van der Waals surface area contributed by atoms with Gasteiger partial charge in [-0.1, -0.05) is 31.5 Å². The second kappa shape index (κ2) is 8.70. The van der Waals surface area contributed by atoms with Crippen molar-refractivity contribution in [1.82, 2.24) is 9.88 Å². The first-order chi connectivity index (χ1) is 12.7. The number of piperazine rings is 1. The molecule has 1 aliphatic heterocycles. The van der Waals surface area contributed by atoms with Crippen molar-refractivity contribution in [3.8, 4) is 0 Å². The number of pyridine rings is 1. The Morgan fingerprint density at radius 1 is 1.12 bits per heavy atom. The minimum atomic E-state index is -0.0244. The summed E-state index contributed by atoms with van der Waals surface area (Å²) in [5.74, 6) is 1.02. The number of hydrogen-bond donors (Lipinski definition) is 1. The van der Waals surface area contributed by atoms with E-state index in [2.05, 4.69) is 47.2 Å². The SMILES string of the molecule is CCCCc1ccc(NC(=O)N2CCN(c3ncccc3C)CC2)cc1. The number of urea groups is 1. The van der Waals surface area contributed by atoms with Crippen LogP contribution in [0.1, 0.15) is 30.9 Å². The molecule has 1 aliphatic rings. The number of aromatic nitrogens is 1. The molecule has 1 saturated heterocycles. The van der Waals surface area contributed by atoms with E-state index >= 15 is 0 Å². The lowest BCUT2D eigenvalue weighted by Gasteiger charge is -2.35. The van der Waals surface area contributed by atoms with E-state index in [0.717, 1.165) is 31.0 Å². The fourth-order valence-corrected chi connectivity index (χ4v) is 3.27. The van der Waals surface area contributed by atoms with Crippen molar-refractivity contribution in [1.29, 1.82) is 0 Å². The van der Waals surface area contributed by atoms with Gasteiger partial charge in [-0.2, -0.15) is 0 Å². The highest BCUT2D eigenvalue weighted by molar-refractivity contribution is 5.89. The number of unbranched alkanes of at least 4 members (excludes halogenated alkanes) is 1. The molecule has 0 atom stereocenters. The van der Waals surface area contributed by atoms with Gasteiger partial charge in [0.1, 0.15) is 5.82 Å². The van der Waals surface area contributed by atoms with Gasteiger partial charge in [0, 0.05) is 38.1 Å². The monoisotopic (exact) mass is 352 g/mol. The topological polar surface area (TPSA) is 48.5 Å². The maximum Gasteiger partial charge on any atom is 0.321 e. The number of nitrogens with zero attached hydrogens (tertiary/aromatic N) is 3. The predicted molar refractivity (Wildman–Crippen MR) is 107 cm³/mol. The average Bonchev–Trinajstić information content (AvgIpc) is 2.68. The summed E-state index contributed by atoms with van der Waals surface area (Å²) in [6.45, 7) is 7.30. The Kier molecular flexibility index (Phi) is 6.10. The first-order valence-electron chi connectivity index (χ1n) is 9.49. The van der Waals surface area contributed by atoms with Gasteiger partial charge in [0.05, 0.1) is 0 Å². The van der Waals surface area contributed by atoms with Crippen molar-refractivity contribution in [2.24, 2.45) is 0 Å². The summed E-state index contributed by atoms with van der Waals surface area (Å²) in [7, 11) is 0. The van der Waals surface area contributed by atoms with Crippen LogP contribution >= 0.6 is 0 Å². The molecule has 1 aromatic carbocycles. The summed E-state index contributed by atoms with van der Waals surface area (Å²) in [6, 6.07) is 12.2. The Morgan fingerprint density at radius 3 is 2.50 bits per heavy atom. The van der Waals surface area contributed by atoms with Crippen LogP contribution in [0.2, 0.25) is 0 Å². The van der Waals surface area contributed by atoms with Crippen molar-refractivity contribution in [2.45, 2.75) is 33.1 Å². The van der Waals surface area contributed by atoms with E-state index in [1.807, 2.05) is 29.3 Å². The number of nitrogens with one attached hydrogen (secondary N) is 1. The number of rotatable bonds is 5. The predicted octanol–water partition coefficient (Wildman–Crippen LogP) is 4.09. The van der Waals surface area contributed by atoms with Gasteiger partial charge in [0.2, 0.25) is 0 Å². The number of hydrogen-bond acceptors (Lipinski definition) is 3. The van der Waals surface area contributed by atoms with Crippen LogP contribution in [0.3, 0.4) is 0 Å². The molecule has 2 heterocycles. The van der Waals surface area contributed by atoms with E-state index < -0.39 is 0 Å². The molecular weight excluding hydrogens is 324 g/mol. The molecule has 1 fully saturated rings. The average molecular weight is 352 g/mol. The van der Waals surface area contributed by atoms with Crippen LogP contribution in [-0.2, 0) is 6.42 Å². The minimum absolute atomic E-state index is 0.0244. The maximum absolute atomic E-state index is 12.5. The van der Waals surface area contributed by atoms with Crippen molar-refractivity contribution in [2.75, 3.05) is 36.4 Å². The summed E-state index contributed by atoms with van der Waals surface area (Å²) in [4.78, 5) is 21.1. The normalized spacial score (nSPS) is 14.4. The third-order valence-electron chi connectivity index (χ3n) is 4.87. The lowest BCUT2D eigenvalue weighted by atomic mass is 10.1. The summed E-state index contributed by atoms with van der Waals surface area (Å²) in [5.41, 5.74) is 3.36. The standard InChI is InChI=1S/C21H28N4O/c1-3-4-7-18-8-10-19(11-9-18)23-21(26)25-15-13-24(14-16-25)20-17(2)6-5-12-22-20/h5-6,8-12H,3-4,7,13-16H2,1-2H3,(H,23,26). The van der Waals surface area contributed by atoms with Crippen molar-refractivity contribution in [3.05, 3.63) is 53.7 Å². The molecule has 0 unspecified atom stereocenters. The smallest absolute Gasteiger partial charge is 0.321 e. The Morgan fingerprint density at radius 2 is 1.85 bits per heavy atom. The number of anilines is 2. The van der Waals surface area contributed by atoms with Crippen LogP contribution in [0, 0.1) is 6.92 Å². The highest BCUT2D eigenvalue weighted by Gasteiger charge is 2.22. The second-order valence-electron chi connectivity index (χ2n) is 6.85. The first kappa shape index (κ1) is 18.2. The number of carbonyl (C=O) groups is 1. The molecule has 5 heteroatoms. The second-order valence-corrected chi connectivity index (χ2v) is 6.85. The highest BCUT2D eigenvalue weighted by atomic mass is 16.2. The molecule has 0 radical (unpaired) electrons. The summed E-state index contributed by atoms with van der Waals surface area (Å²) in [6.07, 6.45) is 5.32. The van der Waals surface area contributed by atoms with E-state index in [1.165, 1.54) is 24.0 Å². The quantitative estimate of drug-likeness (QED) is 0.882. The fraction of sp³-hybridized carbons (Fsp3) is 0.429. The van der Waals surface area contributed by atoms with E-state index in [0.29, 0.717) is 13.1 Å². The Balaban J connectivity index is 1.51. The molecule has 3 rings (SSSR count). The fourth-order valence-electron chi connectivity index (χ4n) is 3.27.